The molecule has 32 heteroatoms. The van der Waals surface area contributed by atoms with Crippen LogP contribution in [0.5, 0.6) is 0 Å². The first kappa shape index (κ1) is 49.1. The molecule has 0 amide bonds. The number of rotatable bonds is 17. The third kappa shape index (κ3) is 9.17. The van der Waals surface area contributed by atoms with Crippen molar-refractivity contribution in [3.05, 3.63) is 70.8 Å². The van der Waals surface area contributed by atoms with Gasteiger partial charge in [0.2, 0.25) is 0 Å². The van der Waals surface area contributed by atoms with Crippen LogP contribution in [0.1, 0.15) is 24.9 Å². The van der Waals surface area contributed by atoms with E-state index in [1.807, 2.05) is 0 Å². The molecule has 6 aromatic rings. The molecule has 0 aliphatic carbocycles. The van der Waals surface area contributed by atoms with E-state index in [1.54, 1.807) is 0 Å². The van der Waals surface area contributed by atoms with Crippen LogP contribution < -0.4 is 33.5 Å². The summed E-state index contributed by atoms with van der Waals surface area (Å²) in [5, 5.41) is 92.5. The van der Waals surface area contributed by atoms with Crippen LogP contribution in [0.4, 0.5) is 23.3 Å². The average Bonchev–Trinajstić information content (AvgIpc) is 4.21. The maximum absolute atomic E-state index is 12.3. The van der Waals surface area contributed by atoms with Crippen LogP contribution in [0, 0.1) is 0 Å². The standard InChI is InChI=1S/C40H50N16O16/c41-19-1-5-53(39(65)51-19)35-27(61)23(57)15(69-35)7-67-9-17-25(59)29(63)37(71-17)55-13-49-21-31(45-11-47-33(21)55)43-3-4-44-32-22-34(48-12-46-32)56(14-50-22)38-30(64)26(60)18(72-38)10-68-8-16-24(58)28(62)36(70-16)54-6-2-20(42)52-40(54)66/h1-2,5-6,11-18,23-30,35-38,57-64H,3-4,7-10H2,(H2,41,51,65)(H2,42,52,66)(H,43,45,47)(H,44,46,48)/t15-,16-,17-,18-,23-,24-,25-,26-,27-,28-,29-,30-,35-,36-,37-,38-/m1/s1. The van der Waals surface area contributed by atoms with Gasteiger partial charge in [-0.3, -0.25) is 18.3 Å². The Morgan fingerprint density at radius 3 is 1.15 bits per heavy atom. The van der Waals surface area contributed by atoms with Gasteiger partial charge in [0.05, 0.1) is 39.1 Å². The van der Waals surface area contributed by atoms with Crippen molar-refractivity contribution in [3.8, 4) is 0 Å². The Morgan fingerprint density at radius 2 is 0.819 bits per heavy atom. The van der Waals surface area contributed by atoms with Crippen LogP contribution in [0.3, 0.4) is 0 Å². The van der Waals surface area contributed by atoms with E-state index >= 15 is 0 Å². The highest BCUT2D eigenvalue weighted by Crippen LogP contribution is 2.36. The molecule has 4 aliphatic rings. The number of fused-ring (bicyclic) bond motifs is 2. The van der Waals surface area contributed by atoms with Crippen LogP contribution >= 0.6 is 0 Å². The van der Waals surface area contributed by atoms with Crippen LogP contribution in [-0.2, 0) is 28.4 Å². The molecule has 14 N–H and O–H groups in total. The molecule has 10 heterocycles. The number of nitrogen functional groups attached to an aromatic ring is 2. The first-order valence-electron chi connectivity index (χ1n) is 22.4. The molecule has 4 fully saturated rings. The Morgan fingerprint density at radius 1 is 0.486 bits per heavy atom. The van der Waals surface area contributed by atoms with E-state index in [9.17, 15) is 50.4 Å². The minimum absolute atomic E-state index is 0.0243. The van der Waals surface area contributed by atoms with Gasteiger partial charge in [-0.1, -0.05) is 0 Å². The fourth-order valence-electron chi connectivity index (χ4n) is 8.92. The van der Waals surface area contributed by atoms with Gasteiger partial charge < -0.3 is 91.4 Å². The summed E-state index contributed by atoms with van der Waals surface area (Å²) in [5.41, 5.74) is 10.7. The van der Waals surface area contributed by atoms with Crippen LogP contribution in [-0.4, -0.2) is 212 Å². The van der Waals surface area contributed by atoms with Gasteiger partial charge >= 0.3 is 11.4 Å². The number of aromatic nitrogens is 12. The Kier molecular flexibility index (Phi) is 13.8. The summed E-state index contributed by atoms with van der Waals surface area (Å²) in [5.74, 6) is 0.625. The van der Waals surface area contributed by atoms with E-state index < -0.39 is 110 Å². The zero-order chi connectivity index (χ0) is 50.5. The zero-order valence-electron chi connectivity index (χ0n) is 37.5. The number of hydrogen-bond acceptors (Lipinski definition) is 28. The van der Waals surface area contributed by atoms with E-state index in [0.717, 1.165) is 9.13 Å². The van der Waals surface area contributed by atoms with Crippen molar-refractivity contribution in [1.82, 2.24) is 58.1 Å². The summed E-state index contributed by atoms with van der Waals surface area (Å²) >= 11 is 0. The molecule has 4 saturated heterocycles. The molecule has 32 nitrogen and oxygen atoms in total. The number of aliphatic hydroxyl groups is 8. The molecular formula is C40H50N16O16. The van der Waals surface area contributed by atoms with Crippen molar-refractivity contribution in [3.63, 3.8) is 0 Å². The van der Waals surface area contributed by atoms with Crippen LogP contribution in [0.2, 0.25) is 0 Å². The maximum Gasteiger partial charge on any atom is 0.351 e. The summed E-state index contributed by atoms with van der Waals surface area (Å²) in [6.07, 6.45) is -12.7. The second-order valence-electron chi connectivity index (χ2n) is 17.3. The Balaban J connectivity index is 0.708. The molecule has 0 spiro atoms. The lowest BCUT2D eigenvalue weighted by molar-refractivity contribution is -0.0991. The summed E-state index contributed by atoms with van der Waals surface area (Å²) in [6.45, 7) is -0.489. The monoisotopic (exact) mass is 1010 g/mol. The lowest BCUT2D eigenvalue weighted by atomic mass is 10.1. The SMILES string of the molecule is Nc1ccn([C@@H]2O[C@H](COC[C@H]3O[C@@H](n4cnc5c(NCCNc6ncnc7c6ncn7[C@@H]6O[C@H](COC[C@H]7O[C@@H](n8ccc(N)nc8=O)[C@H](O)[C@@H]7O)[C@@H](O)[C@H]6O)ncnc54)[C@H](O)[C@@H]3O)[C@@H](O)[C@H]2O)c(=O)n1. The Hall–Kier alpha value is -6.50. The summed E-state index contributed by atoms with van der Waals surface area (Å²) in [7, 11) is 0. The van der Waals surface area contributed by atoms with Gasteiger partial charge in [0.1, 0.15) is 97.5 Å². The average molecular weight is 1010 g/mol. The second kappa shape index (κ2) is 20.2. The first-order chi connectivity index (χ1) is 34.7. The molecule has 0 radical (unpaired) electrons. The molecule has 6 aromatic heterocycles. The number of hydrogen-bond donors (Lipinski definition) is 12. The highest BCUT2D eigenvalue weighted by molar-refractivity contribution is 5.83. The molecule has 72 heavy (non-hydrogen) atoms. The zero-order valence-corrected chi connectivity index (χ0v) is 37.5. The van der Waals surface area contributed by atoms with E-state index in [1.165, 1.54) is 59.0 Å². The lowest BCUT2D eigenvalue weighted by Gasteiger charge is -2.18. The Labute approximate surface area is 403 Å². The number of imidazole rings is 2. The molecule has 10 rings (SSSR count). The van der Waals surface area contributed by atoms with Crippen molar-refractivity contribution in [2.75, 3.05) is 61.6 Å². The predicted octanol–water partition coefficient (Wildman–Crippen LogP) is -6.32. The van der Waals surface area contributed by atoms with Gasteiger partial charge in [0, 0.05) is 25.5 Å². The normalized spacial score (nSPS) is 32.6. The number of nitrogens with two attached hydrogens (primary N) is 2. The Bertz CT molecular complexity index is 2800. The fraction of sp³-hybridized carbons (Fsp3) is 0.550. The molecule has 386 valence electrons. The van der Waals surface area contributed by atoms with Crippen molar-refractivity contribution in [2.45, 2.75) is 98.2 Å². The highest BCUT2D eigenvalue weighted by atomic mass is 16.6. The van der Waals surface area contributed by atoms with Crippen LogP contribution in [0.25, 0.3) is 22.3 Å². The van der Waals surface area contributed by atoms with Gasteiger partial charge in [-0.2, -0.15) is 9.97 Å². The molecule has 0 unspecified atom stereocenters. The van der Waals surface area contributed by atoms with Gasteiger partial charge in [-0.05, 0) is 12.1 Å². The second-order valence-corrected chi connectivity index (χ2v) is 17.3. The third-order valence-electron chi connectivity index (χ3n) is 12.7. The minimum atomic E-state index is -1.49. The maximum atomic E-state index is 12.3. The van der Waals surface area contributed by atoms with Crippen molar-refractivity contribution in [2.24, 2.45) is 0 Å². The van der Waals surface area contributed by atoms with E-state index in [4.69, 9.17) is 39.9 Å². The highest BCUT2D eigenvalue weighted by Gasteiger charge is 2.49. The van der Waals surface area contributed by atoms with Crippen molar-refractivity contribution in [1.29, 1.82) is 0 Å². The molecular weight excluding hydrogens is 961 g/mol. The van der Waals surface area contributed by atoms with Gasteiger partial charge in [0.15, 0.2) is 58.9 Å². The molecule has 0 bridgehead atoms. The molecule has 16 atom stereocenters. The predicted molar refractivity (Wildman–Crippen MR) is 239 cm³/mol. The van der Waals surface area contributed by atoms with Gasteiger partial charge in [-0.25, -0.2) is 39.5 Å². The summed E-state index contributed by atoms with van der Waals surface area (Å²) in [6, 6.07) is 2.68. The number of nitrogens with one attached hydrogen (secondary N) is 2. The molecule has 4 aliphatic heterocycles. The van der Waals surface area contributed by atoms with E-state index in [0.29, 0.717) is 22.7 Å². The van der Waals surface area contributed by atoms with Crippen LogP contribution in [0.15, 0.2) is 59.4 Å². The fourth-order valence-corrected chi connectivity index (χ4v) is 8.92. The number of anilines is 4. The lowest BCUT2D eigenvalue weighted by Crippen LogP contribution is -2.37. The van der Waals surface area contributed by atoms with Gasteiger partial charge in [-0.15, -0.1) is 0 Å². The van der Waals surface area contributed by atoms with Crippen molar-refractivity contribution >= 4 is 45.6 Å². The molecule has 0 aromatic carbocycles. The summed E-state index contributed by atoms with van der Waals surface area (Å²) in [4.78, 5) is 57.9. The minimum Gasteiger partial charge on any atom is -0.387 e. The largest absolute Gasteiger partial charge is 0.387 e. The number of aliphatic hydroxyl groups excluding tert-OH is 8. The topological polar surface area (TPSA) is 450 Å². The summed E-state index contributed by atoms with van der Waals surface area (Å²) < 4.78 is 39.6. The van der Waals surface area contributed by atoms with Crippen molar-refractivity contribution < 1.29 is 69.3 Å². The van der Waals surface area contributed by atoms with E-state index in [2.05, 4.69) is 50.5 Å². The third-order valence-corrected chi connectivity index (χ3v) is 12.7. The quantitative estimate of drug-likeness (QED) is 0.0378. The number of ether oxygens (including phenoxy) is 6. The van der Waals surface area contributed by atoms with E-state index in [-0.39, 0.29) is 62.4 Å². The molecule has 0 saturated carbocycles. The first-order valence-corrected chi connectivity index (χ1v) is 22.4. The van der Waals surface area contributed by atoms with Gasteiger partial charge in [0.25, 0.3) is 0 Å². The smallest absolute Gasteiger partial charge is 0.351 e. The number of nitrogens with zero attached hydrogens (tertiary/aromatic N) is 12.